The summed E-state index contributed by atoms with van der Waals surface area (Å²) in [6.45, 7) is 6.67. The third-order valence-corrected chi connectivity index (χ3v) is 3.39. The van der Waals surface area contributed by atoms with E-state index in [1.54, 1.807) is 6.07 Å². The number of nitrogens with two attached hydrogens (primary N) is 1. The monoisotopic (exact) mass is 236 g/mol. The van der Waals surface area contributed by atoms with Gasteiger partial charge in [0.05, 0.1) is 0 Å². The standard InChI is InChI=1S/C14H21FN2/c1-14(2,16)12-6-5-11(13(15)9-12)10-17-7-3-4-8-17/h5-6,9H,3-4,7-8,10,16H2,1-2H3. The average Bonchev–Trinajstić information content (AvgIpc) is 2.72. The number of hydrogen-bond donors (Lipinski definition) is 1. The fourth-order valence-electron chi connectivity index (χ4n) is 2.26. The van der Waals surface area contributed by atoms with Crippen LogP contribution in [0.15, 0.2) is 18.2 Å². The zero-order valence-electron chi connectivity index (χ0n) is 10.7. The lowest BCUT2D eigenvalue weighted by molar-refractivity contribution is 0.325. The highest BCUT2D eigenvalue weighted by Gasteiger charge is 2.18. The van der Waals surface area contributed by atoms with Crippen LogP contribution in [0.1, 0.15) is 37.8 Å². The molecule has 0 unspecified atom stereocenters. The lowest BCUT2D eigenvalue weighted by Crippen LogP contribution is -2.29. The number of nitrogens with zero attached hydrogens (tertiary/aromatic N) is 1. The molecule has 17 heavy (non-hydrogen) atoms. The first-order valence-corrected chi connectivity index (χ1v) is 6.27. The van der Waals surface area contributed by atoms with E-state index >= 15 is 0 Å². The van der Waals surface area contributed by atoms with Crippen LogP contribution in [0.25, 0.3) is 0 Å². The van der Waals surface area contributed by atoms with E-state index in [1.165, 1.54) is 12.8 Å². The number of halogens is 1. The summed E-state index contributed by atoms with van der Waals surface area (Å²) < 4.78 is 14.0. The summed E-state index contributed by atoms with van der Waals surface area (Å²) in [4.78, 5) is 2.30. The minimum atomic E-state index is -0.479. The summed E-state index contributed by atoms with van der Waals surface area (Å²) >= 11 is 0. The zero-order valence-corrected chi connectivity index (χ0v) is 10.7. The molecule has 1 aromatic rings. The predicted molar refractivity (Wildman–Crippen MR) is 68.1 cm³/mol. The van der Waals surface area contributed by atoms with E-state index < -0.39 is 5.54 Å². The molecule has 2 rings (SSSR count). The van der Waals surface area contributed by atoms with Crippen molar-refractivity contribution in [3.63, 3.8) is 0 Å². The smallest absolute Gasteiger partial charge is 0.128 e. The molecule has 3 heteroatoms. The summed E-state index contributed by atoms with van der Waals surface area (Å²) in [7, 11) is 0. The first kappa shape index (κ1) is 12.5. The molecule has 94 valence electrons. The average molecular weight is 236 g/mol. The SMILES string of the molecule is CC(C)(N)c1ccc(CN2CCCC2)c(F)c1. The van der Waals surface area contributed by atoms with Crippen LogP contribution in [0.3, 0.4) is 0 Å². The highest BCUT2D eigenvalue weighted by Crippen LogP contribution is 2.21. The van der Waals surface area contributed by atoms with Gasteiger partial charge in [0.2, 0.25) is 0 Å². The topological polar surface area (TPSA) is 29.3 Å². The molecule has 0 radical (unpaired) electrons. The molecule has 0 saturated carbocycles. The molecule has 1 saturated heterocycles. The van der Waals surface area contributed by atoms with Crippen LogP contribution in [-0.2, 0) is 12.1 Å². The van der Waals surface area contributed by atoms with Crippen LogP contribution < -0.4 is 5.73 Å². The van der Waals surface area contributed by atoms with Gasteiger partial charge in [-0.15, -0.1) is 0 Å². The maximum atomic E-state index is 14.0. The van der Waals surface area contributed by atoms with Crippen molar-refractivity contribution in [1.29, 1.82) is 0 Å². The third kappa shape index (κ3) is 3.05. The molecule has 0 aromatic heterocycles. The Hall–Kier alpha value is -0.930. The molecule has 0 atom stereocenters. The van der Waals surface area contributed by atoms with Gasteiger partial charge >= 0.3 is 0 Å². The van der Waals surface area contributed by atoms with Crippen LogP contribution in [0.5, 0.6) is 0 Å². The van der Waals surface area contributed by atoms with Crippen molar-refractivity contribution < 1.29 is 4.39 Å². The number of benzene rings is 1. The molecule has 0 bridgehead atoms. The molecule has 0 spiro atoms. The second kappa shape index (κ2) is 4.75. The molecule has 2 N–H and O–H groups in total. The Labute approximate surface area is 103 Å². The van der Waals surface area contributed by atoms with Crippen LogP contribution in [0.4, 0.5) is 4.39 Å². The Bertz CT molecular complexity index is 390. The van der Waals surface area contributed by atoms with Crippen LogP contribution in [0.2, 0.25) is 0 Å². The quantitative estimate of drug-likeness (QED) is 0.874. The fourth-order valence-corrected chi connectivity index (χ4v) is 2.26. The van der Waals surface area contributed by atoms with E-state index in [0.29, 0.717) is 0 Å². The maximum absolute atomic E-state index is 14.0. The second-order valence-corrected chi connectivity index (χ2v) is 5.51. The van der Waals surface area contributed by atoms with Crippen LogP contribution in [-0.4, -0.2) is 18.0 Å². The minimum absolute atomic E-state index is 0.132. The lowest BCUT2D eigenvalue weighted by Gasteiger charge is -2.21. The van der Waals surface area contributed by atoms with Crippen molar-refractivity contribution >= 4 is 0 Å². The third-order valence-electron chi connectivity index (χ3n) is 3.39. The van der Waals surface area contributed by atoms with Gasteiger partial charge in [0.25, 0.3) is 0 Å². The fraction of sp³-hybridized carbons (Fsp3) is 0.571. The Morgan fingerprint density at radius 3 is 2.47 bits per heavy atom. The van der Waals surface area contributed by atoms with Gasteiger partial charge in [-0.05, 0) is 51.4 Å². The lowest BCUT2D eigenvalue weighted by atomic mass is 9.94. The van der Waals surface area contributed by atoms with Gasteiger partial charge in [0, 0.05) is 17.6 Å². The maximum Gasteiger partial charge on any atom is 0.128 e. The second-order valence-electron chi connectivity index (χ2n) is 5.51. The van der Waals surface area contributed by atoms with Gasteiger partial charge in [-0.25, -0.2) is 4.39 Å². The summed E-state index contributed by atoms with van der Waals surface area (Å²) in [6, 6.07) is 5.39. The molecule has 1 aliphatic heterocycles. The number of rotatable bonds is 3. The highest BCUT2D eigenvalue weighted by atomic mass is 19.1. The number of likely N-dealkylation sites (tertiary alicyclic amines) is 1. The molecule has 2 nitrogen and oxygen atoms in total. The predicted octanol–water partition coefficient (Wildman–Crippen LogP) is 2.62. The van der Waals surface area contributed by atoms with E-state index in [4.69, 9.17) is 5.73 Å². The van der Waals surface area contributed by atoms with E-state index in [0.717, 1.165) is 30.8 Å². The summed E-state index contributed by atoms with van der Waals surface area (Å²) in [5.74, 6) is -0.132. The van der Waals surface area contributed by atoms with E-state index in [1.807, 2.05) is 26.0 Å². The molecule has 1 aromatic carbocycles. The minimum Gasteiger partial charge on any atom is -0.322 e. The van der Waals surface area contributed by atoms with Gasteiger partial charge in [0.15, 0.2) is 0 Å². The molecule has 1 fully saturated rings. The van der Waals surface area contributed by atoms with Crippen molar-refractivity contribution in [1.82, 2.24) is 4.90 Å². The van der Waals surface area contributed by atoms with E-state index in [-0.39, 0.29) is 5.82 Å². The molecule has 0 aliphatic carbocycles. The van der Waals surface area contributed by atoms with Gasteiger partial charge in [0.1, 0.15) is 5.82 Å². The molecule has 1 heterocycles. The molecule has 1 aliphatic rings. The Morgan fingerprint density at radius 1 is 1.29 bits per heavy atom. The van der Waals surface area contributed by atoms with Crippen molar-refractivity contribution in [2.24, 2.45) is 5.73 Å². The first-order valence-electron chi connectivity index (χ1n) is 6.27. The van der Waals surface area contributed by atoms with Crippen molar-refractivity contribution in [2.45, 2.75) is 38.8 Å². The number of hydrogen-bond acceptors (Lipinski definition) is 2. The molecular formula is C14H21FN2. The van der Waals surface area contributed by atoms with Crippen molar-refractivity contribution in [3.8, 4) is 0 Å². The first-order chi connectivity index (χ1) is 7.97. The Morgan fingerprint density at radius 2 is 1.94 bits per heavy atom. The summed E-state index contributed by atoms with van der Waals surface area (Å²) in [5, 5.41) is 0. The van der Waals surface area contributed by atoms with Crippen molar-refractivity contribution in [2.75, 3.05) is 13.1 Å². The highest BCUT2D eigenvalue weighted by molar-refractivity contribution is 5.28. The largest absolute Gasteiger partial charge is 0.322 e. The van der Waals surface area contributed by atoms with Crippen LogP contribution in [0, 0.1) is 5.82 Å². The summed E-state index contributed by atoms with van der Waals surface area (Å²) in [5.41, 5.74) is 7.11. The van der Waals surface area contributed by atoms with Gasteiger partial charge < -0.3 is 5.73 Å². The zero-order chi connectivity index (χ0) is 12.5. The molecular weight excluding hydrogens is 215 g/mol. The van der Waals surface area contributed by atoms with Crippen molar-refractivity contribution in [3.05, 3.63) is 35.1 Å². The van der Waals surface area contributed by atoms with Gasteiger partial charge in [-0.3, -0.25) is 4.90 Å². The Balaban J connectivity index is 2.14. The Kier molecular flexibility index (Phi) is 3.50. The molecule has 0 amide bonds. The van der Waals surface area contributed by atoms with Gasteiger partial charge in [-0.2, -0.15) is 0 Å². The van der Waals surface area contributed by atoms with E-state index in [2.05, 4.69) is 4.90 Å². The normalized spacial score (nSPS) is 17.6. The van der Waals surface area contributed by atoms with Crippen LogP contribution >= 0.6 is 0 Å². The van der Waals surface area contributed by atoms with Gasteiger partial charge in [-0.1, -0.05) is 12.1 Å². The summed E-state index contributed by atoms with van der Waals surface area (Å²) in [6.07, 6.45) is 2.46. The van der Waals surface area contributed by atoms with E-state index in [9.17, 15) is 4.39 Å².